The Hall–Kier alpha value is -4.00. The second-order valence-corrected chi connectivity index (χ2v) is 9.66. The number of nitrogens with zero attached hydrogens (tertiary/aromatic N) is 2. The van der Waals surface area contributed by atoms with E-state index in [1.807, 2.05) is 65.2 Å². The molecule has 38 heavy (non-hydrogen) atoms. The average molecular weight is 548 g/mol. The van der Waals surface area contributed by atoms with E-state index in [0.29, 0.717) is 50.6 Å². The number of phenolic OH excluding ortho intramolecular Hbond substituents is 1. The topological polar surface area (TPSA) is 64.8 Å². The zero-order chi connectivity index (χ0) is 26.8. The summed E-state index contributed by atoms with van der Waals surface area (Å²) in [5.74, 6) is 1.21. The Morgan fingerprint density at radius 1 is 0.947 bits per heavy atom. The van der Waals surface area contributed by atoms with Crippen LogP contribution >= 0.6 is 23.2 Å². The van der Waals surface area contributed by atoms with Gasteiger partial charge in [-0.25, -0.2) is 4.79 Å². The second-order valence-electron chi connectivity index (χ2n) is 8.82. The summed E-state index contributed by atoms with van der Waals surface area (Å²) in [6.07, 6.45) is 1.89. The summed E-state index contributed by atoms with van der Waals surface area (Å²) in [6.45, 7) is 2.34. The molecule has 8 heteroatoms. The van der Waals surface area contributed by atoms with Gasteiger partial charge >= 0.3 is 5.56 Å². The first-order valence-corrected chi connectivity index (χ1v) is 12.7. The molecule has 0 bridgehead atoms. The number of benzene rings is 3. The summed E-state index contributed by atoms with van der Waals surface area (Å²) in [4.78, 5) is 13.6. The Labute approximate surface area is 229 Å². The highest BCUT2D eigenvalue weighted by molar-refractivity contribution is 6.35. The molecule has 0 aliphatic heterocycles. The second kappa shape index (κ2) is 10.8. The zero-order valence-electron chi connectivity index (χ0n) is 20.8. The van der Waals surface area contributed by atoms with Crippen LogP contribution in [-0.4, -0.2) is 16.8 Å². The number of pyridine rings is 1. The van der Waals surface area contributed by atoms with Crippen LogP contribution in [0.15, 0.2) is 89.9 Å². The van der Waals surface area contributed by atoms with Gasteiger partial charge in [0, 0.05) is 21.7 Å². The molecule has 0 fully saturated rings. The molecule has 0 spiro atoms. The maximum atomic E-state index is 13.6. The van der Waals surface area contributed by atoms with Crippen molar-refractivity contribution in [2.75, 3.05) is 7.11 Å². The molecule has 0 amide bonds. The lowest BCUT2D eigenvalue weighted by Crippen LogP contribution is -2.38. The number of fused-ring (bicyclic) bond motifs is 1. The normalized spacial score (nSPS) is 11.1. The van der Waals surface area contributed by atoms with Gasteiger partial charge in [0.2, 0.25) is 0 Å². The third kappa shape index (κ3) is 4.93. The van der Waals surface area contributed by atoms with Crippen LogP contribution in [0.2, 0.25) is 10.0 Å². The molecule has 5 aromatic rings. The SMILES string of the molecule is COc1cc(Cn2c(=O)c(C)c(-c3ccccc3O)[n+]3ccccc23)ccc1OCc1ccc(Cl)cc1Cl. The predicted octanol–water partition coefficient (Wildman–Crippen LogP) is 6.21. The quantitative estimate of drug-likeness (QED) is 0.246. The molecule has 2 heterocycles. The van der Waals surface area contributed by atoms with Crippen molar-refractivity contribution >= 4 is 28.8 Å². The average Bonchev–Trinajstić information content (AvgIpc) is 2.92. The van der Waals surface area contributed by atoms with Crippen molar-refractivity contribution in [3.63, 3.8) is 0 Å². The standard InChI is InChI=1S/C30H24Cl2N2O4/c1-19-29(23-7-3-4-8-25(23)35)33-14-6-5-9-28(33)34(30(19)36)17-20-10-13-26(27(15-20)37-2)38-18-21-11-12-22(31)16-24(21)32/h3-16H,17-18H2,1-2H3/p+1. The third-order valence-corrected chi connectivity index (χ3v) is 6.99. The summed E-state index contributed by atoms with van der Waals surface area (Å²) in [5, 5.41) is 11.6. The van der Waals surface area contributed by atoms with Crippen LogP contribution in [0.4, 0.5) is 0 Å². The Morgan fingerprint density at radius 3 is 2.50 bits per heavy atom. The number of methoxy groups -OCH3 is 1. The van der Waals surface area contributed by atoms with Crippen LogP contribution in [0, 0.1) is 6.92 Å². The van der Waals surface area contributed by atoms with Gasteiger partial charge in [-0.2, -0.15) is 8.97 Å². The van der Waals surface area contributed by atoms with E-state index in [1.165, 1.54) is 0 Å². The van der Waals surface area contributed by atoms with Crippen molar-refractivity contribution in [1.82, 2.24) is 4.57 Å². The lowest BCUT2D eigenvalue weighted by Gasteiger charge is -2.14. The first-order valence-electron chi connectivity index (χ1n) is 11.9. The Kier molecular flexibility index (Phi) is 7.27. The van der Waals surface area contributed by atoms with Gasteiger partial charge in [0.25, 0.3) is 5.65 Å². The molecule has 3 aromatic carbocycles. The smallest absolute Gasteiger partial charge is 0.341 e. The van der Waals surface area contributed by atoms with E-state index in [4.69, 9.17) is 32.7 Å². The molecular formula is C30H25Cl2N2O4+. The molecule has 0 aliphatic carbocycles. The maximum Gasteiger partial charge on any atom is 0.341 e. The Bertz CT molecular complexity index is 1720. The largest absolute Gasteiger partial charge is 0.507 e. The van der Waals surface area contributed by atoms with Crippen molar-refractivity contribution in [3.05, 3.63) is 122 Å². The number of para-hydroxylation sites is 1. The van der Waals surface area contributed by atoms with E-state index < -0.39 is 0 Å². The highest BCUT2D eigenvalue weighted by atomic mass is 35.5. The van der Waals surface area contributed by atoms with E-state index in [9.17, 15) is 9.90 Å². The number of hydrogen-bond donors (Lipinski definition) is 1. The molecule has 0 radical (unpaired) electrons. The minimum atomic E-state index is -0.147. The summed E-state index contributed by atoms with van der Waals surface area (Å²) >= 11 is 12.3. The molecule has 0 unspecified atom stereocenters. The molecule has 192 valence electrons. The van der Waals surface area contributed by atoms with Crippen molar-refractivity contribution in [2.45, 2.75) is 20.1 Å². The minimum absolute atomic E-state index is 0.116. The lowest BCUT2D eigenvalue weighted by atomic mass is 10.1. The first-order chi connectivity index (χ1) is 18.4. The summed E-state index contributed by atoms with van der Waals surface area (Å²) in [6, 6.07) is 23.5. The number of phenols is 1. The maximum absolute atomic E-state index is 13.6. The van der Waals surface area contributed by atoms with E-state index in [-0.39, 0.29) is 17.9 Å². The molecule has 0 saturated heterocycles. The fourth-order valence-corrected chi connectivity index (χ4v) is 4.96. The number of rotatable bonds is 7. The van der Waals surface area contributed by atoms with Gasteiger partial charge in [-0.05, 0) is 55.0 Å². The fraction of sp³-hybridized carbons (Fsp3) is 0.133. The summed E-state index contributed by atoms with van der Waals surface area (Å²) in [5.41, 5.74) is 3.99. The molecule has 0 saturated carbocycles. The molecule has 1 N–H and O–H groups in total. The highest BCUT2D eigenvalue weighted by Gasteiger charge is 2.24. The first kappa shape index (κ1) is 25.6. The summed E-state index contributed by atoms with van der Waals surface area (Å²) in [7, 11) is 1.57. The number of hydrogen-bond acceptors (Lipinski definition) is 4. The van der Waals surface area contributed by atoms with Gasteiger partial charge in [0.15, 0.2) is 17.2 Å². The third-order valence-electron chi connectivity index (χ3n) is 6.40. The number of halogens is 2. The molecule has 0 aliphatic rings. The van der Waals surface area contributed by atoms with Gasteiger partial charge in [-0.3, -0.25) is 0 Å². The number of ether oxygens (including phenoxy) is 2. The monoisotopic (exact) mass is 547 g/mol. The lowest BCUT2D eigenvalue weighted by molar-refractivity contribution is -0.504. The van der Waals surface area contributed by atoms with Crippen molar-refractivity contribution in [3.8, 4) is 28.5 Å². The van der Waals surface area contributed by atoms with Crippen LogP contribution in [0.5, 0.6) is 17.2 Å². The predicted molar refractivity (Wildman–Crippen MR) is 149 cm³/mol. The Morgan fingerprint density at radius 2 is 1.74 bits per heavy atom. The molecule has 0 atom stereocenters. The zero-order valence-corrected chi connectivity index (χ0v) is 22.3. The van der Waals surface area contributed by atoms with Gasteiger partial charge in [-0.1, -0.05) is 53.5 Å². The van der Waals surface area contributed by atoms with Gasteiger partial charge < -0.3 is 14.6 Å². The van der Waals surface area contributed by atoms with E-state index >= 15 is 0 Å². The van der Waals surface area contributed by atoms with Crippen LogP contribution in [0.25, 0.3) is 16.9 Å². The number of aromatic hydroxyl groups is 1. The molecule has 2 aromatic heterocycles. The summed E-state index contributed by atoms with van der Waals surface area (Å²) < 4.78 is 15.2. The van der Waals surface area contributed by atoms with E-state index in [2.05, 4.69) is 0 Å². The fourth-order valence-electron chi connectivity index (χ4n) is 4.50. The van der Waals surface area contributed by atoms with Gasteiger partial charge in [0.1, 0.15) is 18.9 Å². The van der Waals surface area contributed by atoms with Gasteiger partial charge in [-0.15, -0.1) is 0 Å². The van der Waals surface area contributed by atoms with Crippen LogP contribution in [-0.2, 0) is 13.2 Å². The molecule has 6 nitrogen and oxygen atoms in total. The minimum Gasteiger partial charge on any atom is -0.507 e. The number of aromatic nitrogens is 2. The Balaban J connectivity index is 1.50. The van der Waals surface area contributed by atoms with Gasteiger partial charge in [0.05, 0.1) is 24.4 Å². The van der Waals surface area contributed by atoms with Crippen LogP contribution in [0.1, 0.15) is 16.7 Å². The van der Waals surface area contributed by atoms with Crippen molar-refractivity contribution < 1.29 is 19.0 Å². The molecular weight excluding hydrogens is 523 g/mol. The highest BCUT2D eigenvalue weighted by Crippen LogP contribution is 2.31. The van der Waals surface area contributed by atoms with Crippen molar-refractivity contribution in [2.24, 2.45) is 0 Å². The molecule has 5 rings (SSSR count). The van der Waals surface area contributed by atoms with E-state index in [1.54, 1.807) is 42.9 Å². The van der Waals surface area contributed by atoms with E-state index in [0.717, 1.165) is 11.1 Å². The van der Waals surface area contributed by atoms with Crippen LogP contribution < -0.4 is 19.4 Å². The van der Waals surface area contributed by atoms with Crippen molar-refractivity contribution in [1.29, 1.82) is 0 Å². The van der Waals surface area contributed by atoms with Crippen LogP contribution in [0.3, 0.4) is 0 Å².